The number of hydrogen-bond donors (Lipinski definition) is 0. The van der Waals surface area contributed by atoms with Crippen LogP contribution in [0.2, 0.25) is 0 Å². The Morgan fingerprint density at radius 3 is 2.60 bits per heavy atom. The highest BCUT2D eigenvalue weighted by atomic mass is 35.7. The molecule has 4 heteroatoms. The van der Waals surface area contributed by atoms with Gasteiger partial charge in [0.25, 0.3) is 0 Å². The monoisotopic (exact) mass is 178 g/mol. The van der Waals surface area contributed by atoms with Gasteiger partial charge in [-0.25, -0.2) is 4.31 Å². The van der Waals surface area contributed by atoms with E-state index in [1.807, 2.05) is 18.2 Å². The van der Waals surface area contributed by atoms with Gasteiger partial charge in [-0.2, -0.15) is 5.26 Å². The number of rotatable bonds is 4. The summed E-state index contributed by atoms with van der Waals surface area (Å²) in [6.45, 7) is 4.84. The number of hydrogen-bond acceptors (Lipinski definition) is 3. The Morgan fingerprint density at radius 2 is 2.30 bits per heavy atom. The molecule has 0 N–H and O–H groups in total. The van der Waals surface area contributed by atoms with Crippen LogP contribution in [0.5, 0.6) is 0 Å². The second-order valence-corrected chi connectivity index (χ2v) is 3.23. The van der Waals surface area contributed by atoms with Crippen LogP contribution in [-0.4, -0.2) is 16.9 Å². The fourth-order valence-electron chi connectivity index (χ4n) is 0.533. The molecule has 0 amide bonds. The van der Waals surface area contributed by atoms with Crippen molar-refractivity contribution in [1.82, 2.24) is 4.31 Å². The molecule has 0 radical (unpaired) electrons. The average Bonchev–Trinajstić information content (AvgIpc) is 1.89. The van der Waals surface area contributed by atoms with E-state index in [4.69, 9.17) is 15.9 Å². The predicted octanol–water partition coefficient (Wildman–Crippen LogP) is 2.41. The van der Waals surface area contributed by atoms with Crippen molar-refractivity contribution in [2.75, 3.05) is 6.54 Å². The lowest BCUT2D eigenvalue weighted by Crippen LogP contribution is -2.23. The third-order valence-corrected chi connectivity index (χ3v) is 2.42. The first-order chi connectivity index (χ1) is 4.72. The lowest BCUT2D eigenvalue weighted by atomic mass is 10.3. The molecule has 0 aliphatic carbocycles. The zero-order valence-electron chi connectivity index (χ0n) is 6.17. The van der Waals surface area contributed by atoms with Gasteiger partial charge in [0.05, 0.1) is 6.07 Å². The standard InChI is InChI=1S/C6H11ClN2S/c1-6(2)9(10-7)5-3-4-8/h6H,3,5H2,1-2H3. The summed E-state index contributed by atoms with van der Waals surface area (Å²) in [4.78, 5) is 0. The summed E-state index contributed by atoms with van der Waals surface area (Å²) in [7, 11) is 5.53. The van der Waals surface area contributed by atoms with E-state index < -0.39 is 0 Å². The third-order valence-electron chi connectivity index (χ3n) is 1.11. The molecule has 0 heterocycles. The zero-order valence-corrected chi connectivity index (χ0v) is 7.74. The summed E-state index contributed by atoms with van der Waals surface area (Å²) in [5, 5.41) is 8.26. The fourth-order valence-corrected chi connectivity index (χ4v) is 1.54. The molecule has 10 heavy (non-hydrogen) atoms. The molecule has 2 nitrogen and oxygen atoms in total. The maximum atomic E-state index is 8.26. The topological polar surface area (TPSA) is 27.0 Å². The van der Waals surface area contributed by atoms with E-state index in [1.54, 1.807) is 0 Å². The number of halogens is 1. The van der Waals surface area contributed by atoms with E-state index in [9.17, 15) is 0 Å². The van der Waals surface area contributed by atoms with Crippen LogP contribution in [0.1, 0.15) is 20.3 Å². The highest BCUT2D eigenvalue weighted by Gasteiger charge is 2.07. The molecule has 0 fully saturated rings. The van der Waals surface area contributed by atoms with Gasteiger partial charge in [-0.05, 0) is 24.5 Å². The van der Waals surface area contributed by atoms with E-state index in [0.29, 0.717) is 12.5 Å². The lowest BCUT2D eigenvalue weighted by molar-refractivity contribution is 0.408. The van der Waals surface area contributed by atoms with Crippen molar-refractivity contribution in [3.63, 3.8) is 0 Å². The summed E-state index contributed by atoms with van der Waals surface area (Å²) in [5.74, 6) is 0. The molecular formula is C6H11ClN2S. The van der Waals surface area contributed by atoms with Gasteiger partial charge in [-0.1, -0.05) is 0 Å². The Bertz CT molecular complexity index is 121. The van der Waals surface area contributed by atoms with Gasteiger partial charge < -0.3 is 0 Å². The van der Waals surface area contributed by atoms with E-state index in [-0.39, 0.29) is 0 Å². The van der Waals surface area contributed by atoms with Crippen molar-refractivity contribution in [1.29, 1.82) is 5.26 Å². The van der Waals surface area contributed by atoms with Gasteiger partial charge in [-0.3, -0.25) is 0 Å². The first-order valence-electron chi connectivity index (χ1n) is 3.14. The number of nitrogens with zero attached hydrogens (tertiary/aromatic N) is 2. The maximum Gasteiger partial charge on any atom is 0.0635 e. The first kappa shape index (κ1) is 10.1. The molecule has 0 unspecified atom stereocenters. The summed E-state index contributed by atoms with van der Waals surface area (Å²) >= 11 is 1.17. The van der Waals surface area contributed by atoms with Crippen LogP contribution >= 0.6 is 21.8 Å². The lowest BCUT2D eigenvalue weighted by Gasteiger charge is -2.19. The van der Waals surface area contributed by atoms with Gasteiger partial charge in [0, 0.05) is 30.2 Å². The first-order valence-corrected chi connectivity index (χ1v) is 4.74. The molecule has 0 bridgehead atoms. The Morgan fingerprint density at radius 1 is 1.70 bits per heavy atom. The molecular weight excluding hydrogens is 168 g/mol. The summed E-state index contributed by atoms with van der Waals surface area (Å²) < 4.78 is 1.96. The van der Waals surface area contributed by atoms with Gasteiger partial charge in [0.15, 0.2) is 0 Å². The Hall–Kier alpha value is 0.0900. The van der Waals surface area contributed by atoms with Crippen LogP contribution in [0.15, 0.2) is 0 Å². The van der Waals surface area contributed by atoms with Crippen molar-refractivity contribution in [2.45, 2.75) is 26.3 Å². The summed E-state index contributed by atoms with van der Waals surface area (Å²) in [6.07, 6.45) is 0.540. The van der Waals surface area contributed by atoms with Crippen molar-refractivity contribution < 1.29 is 0 Å². The van der Waals surface area contributed by atoms with Crippen molar-refractivity contribution >= 4 is 21.8 Å². The van der Waals surface area contributed by atoms with Crippen LogP contribution in [0, 0.1) is 11.3 Å². The molecule has 0 saturated heterocycles. The molecule has 0 aliphatic rings. The van der Waals surface area contributed by atoms with Gasteiger partial charge in [-0.15, -0.1) is 0 Å². The molecule has 0 spiro atoms. The van der Waals surface area contributed by atoms with Crippen LogP contribution < -0.4 is 0 Å². The fraction of sp³-hybridized carbons (Fsp3) is 0.833. The second kappa shape index (κ2) is 5.84. The van der Waals surface area contributed by atoms with Crippen LogP contribution in [-0.2, 0) is 0 Å². The molecule has 0 rings (SSSR count). The minimum Gasteiger partial charge on any atom is -0.233 e. The predicted molar refractivity (Wildman–Crippen MR) is 45.5 cm³/mol. The van der Waals surface area contributed by atoms with E-state index in [0.717, 1.165) is 6.54 Å². The van der Waals surface area contributed by atoms with Gasteiger partial charge in [0.2, 0.25) is 0 Å². The van der Waals surface area contributed by atoms with Gasteiger partial charge >= 0.3 is 0 Å². The highest BCUT2D eigenvalue weighted by Crippen LogP contribution is 2.17. The van der Waals surface area contributed by atoms with Gasteiger partial charge in [0.1, 0.15) is 0 Å². The average molecular weight is 179 g/mol. The normalized spacial score (nSPS) is 10.4. The second-order valence-electron chi connectivity index (χ2n) is 2.21. The van der Waals surface area contributed by atoms with Crippen molar-refractivity contribution in [3.8, 4) is 6.07 Å². The van der Waals surface area contributed by atoms with Crippen molar-refractivity contribution in [2.24, 2.45) is 0 Å². The summed E-state index contributed by atoms with van der Waals surface area (Å²) in [6, 6.07) is 2.47. The smallest absolute Gasteiger partial charge is 0.0635 e. The van der Waals surface area contributed by atoms with Crippen LogP contribution in [0.4, 0.5) is 0 Å². The maximum absolute atomic E-state index is 8.26. The molecule has 0 aromatic rings. The molecule has 0 atom stereocenters. The minimum atomic E-state index is 0.399. The molecule has 0 aromatic carbocycles. The zero-order chi connectivity index (χ0) is 7.98. The quantitative estimate of drug-likeness (QED) is 0.619. The van der Waals surface area contributed by atoms with Crippen molar-refractivity contribution in [3.05, 3.63) is 0 Å². The largest absolute Gasteiger partial charge is 0.233 e. The minimum absolute atomic E-state index is 0.399. The van der Waals surface area contributed by atoms with E-state index in [2.05, 4.69) is 6.07 Å². The Kier molecular flexibility index (Phi) is 5.90. The third kappa shape index (κ3) is 3.99. The highest BCUT2D eigenvalue weighted by molar-refractivity contribution is 8.19. The molecule has 0 aliphatic heterocycles. The van der Waals surface area contributed by atoms with Crippen LogP contribution in [0.25, 0.3) is 0 Å². The SMILES string of the molecule is CC(C)N(CCC#N)SCl. The Labute approximate surface area is 70.8 Å². The van der Waals surface area contributed by atoms with E-state index >= 15 is 0 Å². The Balaban J connectivity index is 3.52. The van der Waals surface area contributed by atoms with Crippen LogP contribution in [0.3, 0.4) is 0 Å². The number of nitriles is 1. The summed E-state index contributed by atoms with van der Waals surface area (Å²) in [5.41, 5.74) is 0. The molecule has 0 aromatic heterocycles. The molecule has 0 saturated carbocycles. The van der Waals surface area contributed by atoms with E-state index in [1.165, 1.54) is 11.2 Å². The molecule has 58 valence electrons.